The van der Waals surface area contributed by atoms with Gasteiger partial charge in [-0.2, -0.15) is 19.3 Å². The largest absolute Gasteiger partial charge is 0.489 e. The van der Waals surface area contributed by atoms with Crippen LogP contribution in [0.3, 0.4) is 0 Å². The van der Waals surface area contributed by atoms with Gasteiger partial charge in [-0.25, -0.2) is 9.38 Å². The van der Waals surface area contributed by atoms with Crippen LogP contribution in [-0.4, -0.2) is 110 Å². The van der Waals surface area contributed by atoms with Crippen LogP contribution in [0.4, 0.5) is 39.0 Å². The minimum atomic E-state index is -1.05. The molecule has 3 aromatic carbocycles. The van der Waals surface area contributed by atoms with Crippen molar-refractivity contribution in [2.45, 2.75) is 105 Å². The Morgan fingerprint density at radius 2 is 1.77 bits per heavy atom. The fraction of sp³-hybridized carbons (Fsp3) is 0.462. The van der Waals surface area contributed by atoms with E-state index in [1.54, 1.807) is 16.9 Å². The van der Waals surface area contributed by atoms with Gasteiger partial charge >= 0.3 is 0 Å². The van der Waals surface area contributed by atoms with E-state index >= 15 is 0 Å². The highest BCUT2D eigenvalue weighted by molar-refractivity contribution is 7.02. The molecule has 23 heteroatoms. The molecular weight excluding hydrogens is 1070 g/mol. The summed E-state index contributed by atoms with van der Waals surface area (Å²) < 4.78 is 37.0. The number of nitrogens with one attached hydrogen (secondary N) is 2. The van der Waals surface area contributed by atoms with Crippen molar-refractivity contribution in [3.63, 3.8) is 0 Å². The third kappa shape index (κ3) is 15.9. The fourth-order valence-corrected chi connectivity index (χ4v) is 9.48. The van der Waals surface area contributed by atoms with E-state index in [9.17, 15) is 18.8 Å². The zero-order valence-corrected chi connectivity index (χ0v) is 47.6. The lowest BCUT2D eigenvalue weighted by Gasteiger charge is -2.35. The molecular formula is C52H64Cl4FN11O6S. The van der Waals surface area contributed by atoms with Gasteiger partial charge in [0.25, 0.3) is 11.8 Å². The smallest absolute Gasteiger partial charge is 0.265 e. The number of carbonyl (C=O) groups is 3. The number of anilines is 5. The summed E-state index contributed by atoms with van der Waals surface area (Å²) in [6.45, 7) is 20.7. The first-order valence-electron chi connectivity index (χ1n) is 24.2. The van der Waals surface area contributed by atoms with Crippen molar-refractivity contribution in [2.24, 2.45) is 10.4 Å². The predicted molar refractivity (Wildman–Crippen MR) is 298 cm³/mol. The Hall–Kier alpha value is -5.75. The number of alkyl halides is 3. The quantitative estimate of drug-likeness (QED) is 0.0843. The van der Waals surface area contributed by atoms with Crippen LogP contribution < -0.4 is 39.6 Å². The number of terminal acetylenes is 1. The number of ether oxygens (including phenoxy) is 3. The molecule has 0 bridgehead atoms. The number of rotatable bonds is 13. The van der Waals surface area contributed by atoms with Crippen molar-refractivity contribution in [3.8, 4) is 23.8 Å². The monoisotopic (exact) mass is 1130 g/mol. The Balaban J connectivity index is 0.000000191. The first-order chi connectivity index (χ1) is 35.7. The molecule has 3 amide bonds. The summed E-state index contributed by atoms with van der Waals surface area (Å²) in [5, 5.41) is 6.23. The average Bonchev–Trinajstić information content (AvgIpc) is 3.87. The third-order valence-corrected chi connectivity index (χ3v) is 13.0. The number of hydrogen-bond acceptors (Lipinski definition) is 14. The molecule has 0 saturated heterocycles. The van der Waals surface area contributed by atoms with Gasteiger partial charge in [-0.15, -0.1) is 18.0 Å². The van der Waals surface area contributed by atoms with Crippen LogP contribution in [0, 0.1) is 30.5 Å². The van der Waals surface area contributed by atoms with Gasteiger partial charge in [-0.1, -0.05) is 80.2 Å². The van der Waals surface area contributed by atoms with E-state index in [2.05, 4.69) is 67.7 Å². The van der Waals surface area contributed by atoms with Crippen LogP contribution >= 0.6 is 57.9 Å². The molecule has 0 saturated carbocycles. The summed E-state index contributed by atoms with van der Waals surface area (Å²) in [6, 6.07) is 16.3. The van der Waals surface area contributed by atoms with E-state index in [4.69, 9.17) is 67.0 Å². The number of fused-ring (bicyclic) bond motifs is 3. The highest BCUT2D eigenvalue weighted by Gasteiger charge is 2.33. The van der Waals surface area contributed by atoms with E-state index in [0.717, 1.165) is 54.3 Å². The molecule has 0 aliphatic carbocycles. The summed E-state index contributed by atoms with van der Waals surface area (Å²) >= 11 is 24.0. The molecule has 5 heterocycles. The molecule has 3 aliphatic rings. The summed E-state index contributed by atoms with van der Waals surface area (Å²) in [5.74, 6) is 4.17. The summed E-state index contributed by atoms with van der Waals surface area (Å²) in [5.41, 5.74) is 4.61. The van der Waals surface area contributed by atoms with Crippen LogP contribution in [0.1, 0.15) is 72.3 Å². The predicted octanol–water partition coefficient (Wildman–Crippen LogP) is 9.80. The van der Waals surface area contributed by atoms with E-state index in [1.807, 2.05) is 82.5 Å². The van der Waals surface area contributed by atoms with E-state index < -0.39 is 10.7 Å². The van der Waals surface area contributed by atoms with E-state index in [-0.39, 0.29) is 71.3 Å². The Bertz CT molecular complexity index is 2900. The minimum Gasteiger partial charge on any atom is -0.489 e. The van der Waals surface area contributed by atoms with Gasteiger partial charge in [-0.3, -0.25) is 19.3 Å². The summed E-state index contributed by atoms with van der Waals surface area (Å²) in [4.78, 5) is 56.9. The van der Waals surface area contributed by atoms with Gasteiger partial charge in [0.15, 0.2) is 17.3 Å². The highest BCUT2D eigenvalue weighted by Crippen LogP contribution is 2.38. The maximum absolute atomic E-state index is 14.5. The average molecular weight is 1130 g/mol. The lowest BCUT2D eigenvalue weighted by atomic mass is 9.92. The summed E-state index contributed by atoms with van der Waals surface area (Å²) in [6.07, 6.45) is 7.09. The number of hydrogen-bond donors (Lipinski definition) is 2. The van der Waals surface area contributed by atoms with Gasteiger partial charge in [0.1, 0.15) is 35.5 Å². The van der Waals surface area contributed by atoms with Gasteiger partial charge < -0.3 is 39.2 Å². The van der Waals surface area contributed by atoms with Gasteiger partial charge in [0.2, 0.25) is 27.9 Å². The van der Waals surface area contributed by atoms with Crippen LogP contribution in [0.15, 0.2) is 59.6 Å². The molecule has 3 aliphatic heterocycles. The van der Waals surface area contributed by atoms with Crippen LogP contribution in [0.25, 0.3) is 0 Å². The third-order valence-electron chi connectivity index (χ3n) is 11.4. The van der Waals surface area contributed by atoms with Crippen molar-refractivity contribution >= 4 is 110 Å². The van der Waals surface area contributed by atoms with Crippen molar-refractivity contribution < 1.29 is 33.0 Å². The zero-order valence-electron chi connectivity index (χ0n) is 43.7. The molecule has 0 fully saturated rings. The summed E-state index contributed by atoms with van der Waals surface area (Å²) in [7, 11) is 1.64. The molecule has 404 valence electrons. The Morgan fingerprint density at radius 3 is 2.43 bits per heavy atom. The standard InChI is InChI=1S/C18H17FN4O2S.C15H22ClNO2.C11H11Cl2NO2.C8H14ClN5/c1-4-5-22-13-7-12(11(19)6-14(13)25-9-16(22)24)20-17-23-10-18(2,3)8-15(23)21-26-17;1-5-13-8-6-7-11(2)15(13)17(14(18)9-16)12(3)10-19-4;1-7-6-16-9-5-3-2-4-8(9)14(7)11(15)10(12)13;1-4-10-7-12-6(9)13-8(14-7)11-5(2)3/h1,6-7H,5,8-10H2,2-3H3;6-8,12H,5,9-10H2,1-4H3;2-5,7,10H,6H2,1H3;5H,4H2,1-3H3,(H2,10,11,12,13,14)/b20-17-;;;. The van der Waals surface area contributed by atoms with Crippen LogP contribution in [0.2, 0.25) is 5.28 Å². The van der Waals surface area contributed by atoms with Crippen LogP contribution in [0.5, 0.6) is 11.5 Å². The topological polar surface area (TPSA) is 182 Å². The maximum Gasteiger partial charge on any atom is 0.265 e. The molecule has 2 aromatic heterocycles. The molecule has 0 spiro atoms. The fourth-order valence-electron chi connectivity index (χ4n) is 8.22. The van der Waals surface area contributed by atoms with Crippen molar-refractivity contribution in [1.29, 1.82) is 0 Å². The number of nitrogens with zero attached hydrogens (tertiary/aromatic N) is 9. The van der Waals surface area contributed by atoms with Crippen molar-refractivity contribution in [3.05, 3.63) is 87.5 Å². The Labute approximate surface area is 462 Å². The number of carbonyl (C=O) groups excluding carboxylic acids is 3. The Morgan fingerprint density at radius 1 is 1.05 bits per heavy atom. The van der Waals surface area contributed by atoms with E-state index in [1.165, 1.54) is 28.6 Å². The SMILES string of the molecule is C#CCN1C(=O)COc2cc(F)c(/N=c3\snc4n3CC(C)(C)C4)cc21.CC1COc2ccccc2N1C(=O)C(Cl)Cl.CCNc1nc(Cl)nc(NC(C)C)n1.CCc1cccc(C)c1N(C(=O)CCl)C(C)COC. The van der Waals surface area contributed by atoms with Gasteiger partial charge in [0.05, 0.1) is 42.3 Å². The number of halogens is 5. The van der Waals surface area contributed by atoms with Crippen molar-refractivity contribution in [2.75, 3.05) is 71.2 Å². The molecule has 0 radical (unpaired) electrons. The molecule has 17 nitrogen and oxygen atoms in total. The molecule has 2 N–H and O–H groups in total. The zero-order chi connectivity index (χ0) is 55.1. The number of aryl methyl sites for hydroxylation is 2. The number of aromatic nitrogens is 5. The molecule has 5 aromatic rings. The van der Waals surface area contributed by atoms with Gasteiger partial charge in [0, 0.05) is 50.3 Å². The number of para-hydroxylation sites is 3. The second-order valence-electron chi connectivity index (χ2n) is 18.5. The first kappa shape index (κ1) is 60.1. The van der Waals surface area contributed by atoms with Crippen molar-refractivity contribution in [1.82, 2.24) is 23.9 Å². The van der Waals surface area contributed by atoms with Gasteiger partial charge in [-0.05, 0) is 94.3 Å². The maximum atomic E-state index is 14.5. The number of methoxy groups -OCH3 is 1. The molecule has 8 rings (SSSR count). The first-order valence-corrected chi connectivity index (χ1v) is 26.7. The molecule has 2 unspecified atom stereocenters. The molecule has 75 heavy (non-hydrogen) atoms. The second kappa shape index (κ2) is 27.9. The minimum absolute atomic E-state index is 0.0223. The lowest BCUT2D eigenvalue weighted by molar-refractivity contribution is -0.121. The van der Waals surface area contributed by atoms with Crippen LogP contribution in [-0.2, 0) is 38.5 Å². The van der Waals surface area contributed by atoms with E-state index in [0.29, 0.717) is 47.1 Å². The normalized spacial score (nSPS) is 15.5. The number of benzene rings is 3. The molecule has 2 atom stereocenters. The highest BCUT2D eigenvalue weighted by atomic mass is 35.5. The number of amides is 3. The lowest BCUT2D eigenvalue weighted by Crippen LogP contribution is -2.47. The Kier molecular flexibility index (Phi) is 22.3. The second-order valence-corrected chi connectivity index (χ2v) is 21.0.